The number of hydrogen-bond donors (Lipinski definition) is 0. The third-order valence-electron chi connectivity index (χ3n) is 1.51. The number of nitrogens with zero attached hydrogens (tertiary/aromatic N) is 2. The zero-order valence-corrected chi connectivity index (χ0v) is 7.64. The Morgan fingerprint density at radius 3 is 2.86 bits per heavy atom. The molecule has 0 aromatic carbocycles. The molecule has 3 nitrogen and oxygen atoms in total. The van der Waals surface area contributed by atoms with Crippen LogP contribution in [0.2, 0.25) is 0 Å². The van der Waals surface area contributed by atoms with Crippen molar-refractivity contribution in [3.8, 4) is 0 Å². The SMILES string of the molecule is CCOCc1[c]cnn1CC(F)(F)F. The lowest BCUT2D eigenvalue weighted by molar-refractivity contribution is -0.143. The van der Waals surface area contributed by atoms with Crippen molar-refractivity contribution in [2.24, 2.45) is 0 Å². The molecule has 1 aromatic heterocycles. The van der Waals surface area contributed by atoms with Gasteiger partial charge in [-0.05, 0) is 6.92 Å². The first-order valence-electron chi connectivity index (χ1n) is 4.10. The molecule has 0 aliphatic carbocycles. The standard InChI is InChI=1S/C8H10F3N2O/c1-2-14-5-7-3-4-12-13(7)6-8(9,10)11/h4H,2,5-6H2,1H3. The van der Waals surface area contributed by atoms with Crippen LogP contribution in [-0.2, 0) is 17.9 Å². The smallest absolute Gasteiger partial charge is 0.375 e. The average molecular weight is 207 g/mol. The first kappa shape index (κ1) is 11.0. The van der Waals surface area contributed by atoms with Gasteiger partial charge in [-0.2, -0.15) is 18.3 Å². The minimum absolute atomic E-state index is 0.104. The van der Waals surface area contributed by atoms with Gasteiger partial charge in [0.05, 0.1) is 18.5 Å². The number of alkyl halides is 3. The van der Waals surface area contributed by atoms with E-state index in [0.717, 1.165) is 4.68 Å². The highest BCUT2D eigenvalue weighted by molar-refractivity contribution is 4.96. The highest BCUT2D eigenvalue weighted by Crippen LogP contribution is 2.18. The number of ether oxygens (including phenoxy) is 1. The van der Waals surface area contributed by atoms with E-state index in [0.29, 0.717) is 12.3 Å². The third kappa shape index (κ3) is 3.37. The number of halogens is 3. The molecule has 0 bridgehead atoms. The molecule has 0 saturated heterocycles. The van der Waals surface area contributed by atoms with Crippen molar-refractivity contribution >= 4 is 0 Å². The zero-order chi connectivity index (χ0) is 10.6. The van der Waals surface area contributed by atoms with Gasteiger partial charge in [0, 0.05) is 12.7 Å². The summed E-state index contributed by atoms with van der Waals surface area (Å²) >= 11 is 0. The maximum absolute atomic E-state index is 12.0. The quantitative estimate of drug-likeness (QED) is 0.752. The van der Waals surface area contributed by atoms with E-state index in [1.807, 2.05) is 0 Å². The van der Waals surface area contributed by atoms with Crippen molar-refractivity contribution in [2.45, 2.75) is 26.3 Å². The molecule has 0 amide bonds. The predicted molar refractivity (Wildman–Crippen MR) is 42.4 cm³/mol. The molecule has 0 N–H and O–H groups in total. The summed E-state index contributed by atoms with van der Waals surface area (Å²) in [6, 6.07) is 2.59. The van der Waals surface area contributed by atoms with Crippen LogP contribution in [0.15, 0.2) is 6.20 Å². The summed E-state index contributed by atoms with van der Waals surface area (Å²) in [6.45, 7) is 1.22. The first-order chi connectivity index (χ1) is 6.53. The summed E-state index contributed by atoms with van der Waals surface area (Å²) in [6.07, 6.45) is -3.05. The van der Waals surface area contributed by atoms with Crippen LogP contribution in [0.1, 0.15) is 12.6 Å². The Morgan fingerprint density at radius 1 is 1.57 bits per heavy atom. The third-order valence-corrected chi connectivity index (χ3v) is 1.51. The van der Waals surface area contributed by atoms with Crippen molar-refractivity contribution in [1.82, 2.24) is 9.78 Å². The molecule has 0 atom stereocenters. The van der Waals surface area contributed by atoms with Crippen molar-refractivity contribution < 1.29 is 17.9 Å². The van der Waals surface area contributed by atoms with Crippen LogP contribution in [0, 0.1) is 6.07 Å². The fraction of sp³-hybridized carbons (Fsp3) is 0.625. The van der Waals surface area contributed by atoms with Gasteiger partial charge in [0.1, 0.15) is 6.54 Å². The fourth-order valence-corrected chi connectivity index (χ4v) is 0.938. The Kier molecular flexibility index (Phi) is 3.51. The summed E-state index contributed by atoms with van der Waals surface area (Å²) in [5, 5.41) is 3.52. The lowest BCUT2D eigenvalue weighted by Gasteiger charge is -2.09. The number of rotatable bonds is 4. The molecule has 0 saturated carbocycles. The topological polar surface area (TPSA) is 27.1 Å². The molecule has 0 fully saturated rings. The summed E-state index contributed by atoms with van der Waals surface area (Å²) in [7, 11) is 0. The van der Waals surface area contributed by atoms with Crippen LogP contribution in [0.3, 0.4) is 0 Å². The molecule has 0 aliphatic rings. The minimum Gasteiger partial charge on any atom is -0.375 e. The summed E-state index contributed by atoms with van der Waals surface area (Å²) in [5.41, 5.74) is 0.309. The van der Waals surface area contributed by atoms with Gasteiger partial charge in [-0.15, -0.1) is 0 Å². The predicted octanol–water partition coefficient (Wildman–Crippen LogP) is 1.78. The Hall–Kier alpha value is -1.04. The van der Waals surface area contributed by atoms with E-state index in [-0.39, 0.29) is 6.61 Å². The average Bonchev–Trinajstić information content (AvgIpc) is 2.45. The second-order valence-corrected chi connectivity index (χ2v) is 2.65. The van der Waals surface area contributed by atoms with Crippen molar-refractivity contribution in [2.75, 3.05) is 6.61 Å². The van der Waals surface area contributed by atoms with Crippen LogP contribution < -0.4 is 0 Å². The molecule has 0 unspecified atom stereocenters. The molecule has 1 aromatic rings. The molecular weight excluding hydrogens is 197 g/mol. The Labute approximate surface area is 79.5 Å². The molecule has 1 heterocycles. The molecule has 1 radical (unpaired) electrons. The van der Waals surface area contributed by atoms with Crippen molar-refractivity contribution in [3.05, 3.63) is 18.0 Å². The molecule has 1 rings (SSSR count). The van der Waals surface area contributed by atoms with Crippen LogP contribution in [0.4, 0.5) is 13.2 Å². The second-order valence-electron chi connectivity index (χ2n) is 2.65. The van der Waals surface area contributed by atoms with Gasteiger partial charge in [0.15, 0.2) is 0 Å². The van der Waals surface area contributed by atoms with Gasteiger partial charge in [-0.25, -0.2) is 0 Å². The summed E-state index contributed by atoms with van der Waals surface area (Å²) < 4.78 is 41.8. The van der Waals surface area contributed by atoms with E-state index in [9.17, 15) is 13.2 Å². The highest BCUT2D eigenvalue weighted by Gasteiger charge is 2.29. The number of hydrogen-bond acceptors (Lipinski definition) is 2. The second kappa shape index (κ2) is 4.45. The van der Waals surface area contributed by atoms with E-state index in [1.165, 1.54) is 6.20 Å². The van der Waals surface area contributed by atoms with Crippen LogP contribution in [0.5, 0.6) is 0 Å². The lowest BCUT2D eigenvalue weighted by atomic mass is 10.4. The molecule has 79 valence electrons. The van der Waals surface area contributed by atoms with Gasteiger partial charge in [-0.3, -0.25) is 4.68 Å². The van der Waals surface area contributed by atoms with Gasteiger partial charge >= 0.3 is 6.18 Å². The first-order valence-corrected chi connectivity index (χ1v) is 4.10. The minimum atomic E-state index is -4.26. The van der Waals surface area contributed by atoms with Crippen molar-refractivity contribution in [3.63, 3.8) is 0 Å². The molecular formula is C8H10F3N2O. The summed E-state index contributed by atoms with van der Waals surface area (Å²) in [4.78, 5) is 0. The van der Waals surface area contributed by atoms with Gasteiger partial charge in [0.2, 0.25) is 0 Å². The van der Waals surface area contributed by atoms with Crippen molar-refractivity contribution in [1.29, 1.82) is 0 Å². The normalized spacial score (nSPS) is 12.0. The highest BCUT2D eigenvalue weighted by atomic mass is 19.4. The Balaban J connectivity index is 2.63. The lowest BCUT2D eigenvalue weighted by Crippen LogP contribution is -2.20. The summed E-state index contributed by atoms with van der Waals surface area (Å²) in [5.74, 6) is 0. The van der Waals surface area contributed by atoms with E-state index < -0.39 is 12.7 Å². The Bertz CT molecular complexity index is 282. The van der Waals surface area contributed by atoms with E-state index in [2.05, 4.69) is 11.2 Å². The van der Waals surface area contributed by atoms with E-state index in [1.54, 1.807) is 6.92 Å². The number of aromatic nitrogens is 2. The van der Waals surface area contributed by atoms with Crippen LogP contribution in [0.25, 0.3) is 0 Å². The molecule has 14 heavy (non-hydrogen) atoms. The van der Waals surface area contributed by atoms with E-state index in [4.69, 9.17) is 4.74 Å². The van der Waals surface area contributed by atoms with Crippen LogP contribution in [-0.4, -0.2) is 22.6 Å². The van der Waals surface area contributed by atoms with E-state index >= 15 is 0 Å². The Morgan fingerprint density at radius 2 is 2.29 bits per heavy atom. The van der Waals surface area contributed by atoms with Gasteiger partial charge in [0.25, 0.3) is 0 Å². The molecule has 0 aliphatic heterocycles. The fourth-order valence-electron chi connectivity index (χ4n) is 0.938. The monoisotopic (exact) mass is 207 g/mol. The molecule has 6 heteroatoms. The largest absolute Gasteiger partial charge is 0.408 e. The maximum Gasteiger partial charge on any atom is 0.408 e. The van der Waals surface area contributed by atoms with Crippen LogP contribution >= 0.6 is 0 Å². The maximum atomic E-state index is 12.0. The zero-order valence-electron chi connectivity index (χ0n) is 7.64. The molecule has 0 spiro atoms. The van der Waals surface area contributed by atoms with Gasteiger partial charge < -0.3 is 4.74 Å². The van der Waals surface area contributed by atoms with Gasteiger partial charge in [-0.1, -0.05) is 0 Å².